The molecule has 0 saturated heterocycles. The molecule has 0 aliphatic rings. The predicted molar refractivity (Wildman–Crippen MR) is 63.4 cm³/mol. The van der Waals surface area contributed by atoms with Crippen LogP contribution >= 0.6 is 11.6 Å². The van der Waals surface area contributed by atoms with E-state index in [4.69, 9.17) is 23.1 Å². The summed E-state index contributed by atoms with van der Waals surface area (Å²) in [4.78, 5) is 10.8. The van der Waals surface area contributed by atoms with E-state index in [-0.39, 0.29) is 16.5 Å². The second-order valence-electron chi connectivity index (χ2n) is 3.34. The predicted octanol–water partition coefficient (Wildman–Crippen LogP) is -0.172. The van der Waals surface area contributed by atoms with E-state index in [1.54, 1.807) is 0 Å². The summed E-state index contributed by atoms with van der Waals surface area (Å²) in [6.45, 7) is 0. The molecule has 1 aromatic heterocycles. The zero-order valence-electron chi connectivity index (χ0n) is 9.29. The quantitative estimate of drug-likeness (QED) is 0.733. The number of hydrogen-bond acceptors (Lipinski definition) is 4. The SMILES string of the molecule is C#CCC(NS(=O)(=O)c1c(Cl)cnn1C)C(=O)O. The Balaban J connectivity index is 3.09. The molecular formula is C9H10ClN3O4S. The third-order valence-electron chi connectivity index (χ3n) is 2.01. The number of carboxylic acids is 1. The van der Waals surface area contributed by atoms with E-state index in [2.05, 4.69) is 11.0 Å². The van der Waals surface area contributed by atoms with Crippen LogP contribution in [0.25, 0.3) is 0 Å². The Labute approximate surface area is 109 Å². The molecule has 0 bridgehead atoms. The molecule has 7 nitrogen and oxygen atoms in total. The third-order valence-corrected chi connectivity index (χ3v) is 3.99. The van der Waals surface area contributed by atoms with Gasteiger partial charge in [0.1, 0.15) is 6.04 Å². The Hall–Kier alpha value is -1.56. The fourth-order valence-corrected chi connectivity index (χ4v) is 3.09. The Kier molecular flexibility index (Phi) is 4.34. The maximum absolute atomic E-state index is 11.9. The van der Waals surface area contributed by atoms with Crippen molar-refractivity contribution < 1.29 is 18.3 Å². The first-order chi connectivity index (χ1) is 8.29. The van der Waals surface area contributed by atoms with E-state index < -0.39 is 22.0 Å². The Morgan fingerprint density at radius 3 is 2.78 bits per heavy atom. The van der Waals surface area contributed by atoms with Gasteiger partial charge in [0, 0.05) is 13.5 Å². The van der Waals surface area contributed by atoms with Crippen molar-refractivity contribution in [2.24, 2.45) is 7.05 Å². The summed E-state index contributed by atoms with van der Waals surface area (Å²) < 4.78 is 26.9. The standard InChI is InChI=1S/C9H10ClN3O4S/c1-3-4-7(9(14)15)12-18(16,17)8-6(10)5-11-13(8)2/h1,5,7,12H,4H2,2H3,(H,14,15). The number of carboxylic acid groups (broad SMARTS) is 1. The molecule has 1 unspecified atom stereocenters. The van der Waals surface area contributed by atoms with Crippen molar-refractivity contribution in [2.45, 2.75) is 17.5 Å². The molecule has 18 heavy (non-hydrogen) atoms. The average Bonchev–Trinajstić information content (AvgIpc) is 2.58. The summed E-state index contributed by atoms with van der Waals surface area (Å²) in [5, 5.41) is 12.1. The van der Waals surface area contributed by atoms with Gasteiger partial charge in [-0.3, -0.25) is 9.48 Å². The van der Waals surface area contributed by atoms with Gasteiger partial charge in [0.25, 0.3) is 10.0 Å². The summed E-state index contributed by atoms with van der Waals surface area (Å²) in [5.41, 5.74) is 0. The molecule has 9 heteroatoms. The van der Waals surface area contributed by atoms with E-state index in [0.717, 1.165) is 10.9 Å². The van der Waals surface area contributed by atoms with Crippen LogP contribution in [0.2, 0.25) is 5.02 Å². The third kappa shape index (κ3) is 3.01. The average molecular weight is 292 g/mol. The molecule has 0 fully saturated rings. The van der Waals surface area contributed by atoms with Crippen LogP contribution in [0.1, 0.15) is 6.42 Å². The van der Waals surface area contributed by atoms with E-state index in [0.29, 0.717) is 0 Å². The van der Waals surface area contributed by atoms with Gasteiger partial charge in [-0.25, -0.2) is 8.42 Å². The van der Waals surface area contributed by atoms with Crippen molar-refractivity contribution >= 4 is 27.6 Å². The first kappa shape index (κ1) is 14.5. The summed E-state index contributed by atoms with van der Waals surface area (Å²) >= 11 is 5.68. The number of halogens is 1. The van der Waals surface area contributed by atoms with Gasteiger partial charge in [-0.15, -0.1) is 12.3 Å². The van der Waals surface area contributed by atoms with Crippen LogP contribution < -0.4 is 4.72 Å². The molecular weight excluding hydrogens is 282 g/mol. The lowest BCUT2D eigenvalue weighted by Gasteiger charge is -2.12. The minimum atomic E-state index is -4.10. The minimum Gasteiger partial charge on any atom is -0.480 e. The number of rotatable bonds is 5. The van der Waals surface area contributed by atoms with Crippen molar-refractivity contribution in [3.63, 3.8) is 0 Å². The highest BCUT2D eigenvalue weighted by atomic mass is 35.5. The molecule has 98 valence electrons. The van der Waals surface area contributed by atoms with Gasteiger partial charge in [-0.05, 0) is 0 Å². The van der Waals surface area contributed by atoms with Gasteiger partial charge < -0.3 is 5.11 Å². The summed E-state index contributed by atoms with van der Waals surface area (Å²) in [7, 11) is -2.73. The van der Waals surface area contributed by atoms with E-state index in [1.165, 1.54) is 7.05 Å². The number of hydrogen-bond donors (Lipinski definition) is 2. The van der Waals surface area contributed by atoms with Gasteiger partial charge in [0.15, 0.2) is 5.03 Å². The molecule has 1 rings (SSSR count). The van der Waals surface area contributed by atoms with Gasteiger partial charge in [-0.1, -0.05) is 11.6 Å². The second-order valence-corrected chi connectivity index (χ2v) is 5.38. The van der Waals surface area contributed by atoms with E-state index >= 15 is 0 Å². The van der Waals surface area contributed by atoms with Gasteiger partial charge >= 0.3 is 5.97 Å². The molecule has 0 amide bonds. The zero-order chi connectivity index (χ0) is 13.9. The number of aliphatic carboxylic acids is 1. The number of nitrogens with zero attached hydrogens (tertiary/aromatic N) is 2. The largest absolute Gasteiger partial charge is 0.480 e. The Morgan fingerprint density at radius 1 is 1.78 bits per heavy atom. The van der Waals surface area contributed by atoms with E-state index in [9.17, 15) is 13.2 Å². The van der Waals surface area contributed by atoms with Crippen molar-refractivity contribution in [3.05, 3.63) is 11.2 Å². The topological polar surface area (TPSA) is 101 Å². The van der Waals surface area contributed by atoms with Crippen LogP contribution in [0.15, 0.2) is 11.2 Å². The van der Waals surface area contributed by atoms with Gasteiger partial charge in [0.05, 0.1) is 11.2 Å². The van der Waals surface area contributed by atoms with Crippen molar-refractivity contribution in [1.82, 2.24) is 14.5 Å². The number of aryl methyl sites for hydroxylation is 1. The molecule has 0 aliphatic carbocycles. The monoisotopic (exact) mass is 291 g/mol. The first-order valence-corrected chi connectivity index (χ1v) is 6.51. The zero-order valence-corrected chi connectivity index (χ0v) is 10.9. The lowest BCUT2D eigenvalue weighted by atomic mass is 10.2. The van der Waals surface area contributed by atoms with Crippen molar-refractivity contribution in [3.8, 4) is 12.3 Å². The fourth-order valence-electron chi connectivity index (χ4n) is 1.24. The lowest BCUT2D eigenvalue weighted by molar-refractivity contribution is -0.138. The summed E-state index contributed by atoms with van der Waals surface area (Å²) in [5.74, 6) is 0.717. The van der Waals surface area contributed by atoms with Crippen molar-refractivity contribution in [1.29, 1.82) is 0 Å². The van der Waals surface area contributed by atoms with Crippen LogP contribution in [0.3, 0.4) is 0 Å². The van der Waals surface area contributed by atoms with Crippen LogP contribution in [0, 0.1) is 12.3 Å². The number of aromatic nitrogens is 2. The van der Waals surface area contributed by atoms with Crippen LogP contribution in [0.4, 0.5) is 0 Å². The van der Waals surface area contributed by atoms with E-state index in [1.807, 2.05) is 4.72 Å². The number of terminal acetylenes is 1. The molecule has 1 heterocycles. The normalized spacial score (nSPS) is 12.9. The minimum absolute atomic E-state index is 0.102. The molecule has 1 aromatic rings. The number of nitrogens with one attached hydrogen (secondary N) is 1. The molecule has 0 aromatic carbocycles. The summed E-state index contributed by atoms with van der Waals surface area (Å²) in [6.07, 6.45) is 5.84. The highest BCUT2D eigenvalue weighted by Crippen LogP contribution is 2.19. The second kappa shape index (κ2) is 5.39. The van der Waals surface area contributed by atoms with Crippen LogP contribution in [-0.4, -0.2) is 35.3 Å². The maximum Gasteiger partial charge on any atom is 0.322 e. The van der Waals surface area contributed by atoms with Gasteiger partial charge in [0.2, 0.25) is 0 Å². The molecule has 0 radical (unpaired) electrons. The smallest absolute Gasteiger partial charge is 0.322 e. The number of carbonyl (C=O) groups is 1. The Morgan fingerprint density at radius 2 is 2.39 bits per heavy atom. The summed E-state index contributed by atoms with van der Waals surface area (Å²) in [6, 6.07) is -1.41. The van der Waals surface area contributed by atoms with Crippen LogP contribution in [0.5, 0.6) is 0 Å². The molecule has 0 aliphatic heterocycles. The molecule has 1 atom stereocenters. The Bertz CT molecular complexity index is 582. The highest BCUT2D eigenvalue weighted by molar-refractivity contribution is 7.89. The van der Waals surface area contributed by atoms with Crippen molar-refractivity contribution in [2.75, 3.05) is 0 Å². The lowest BCUT2D eigenvalue weighted by Crippen LogP contribution is -2.41. The molecule has 0 spiro atoms. The van der Waals surface area contributed by atoms with Crippen LogP contribution in [-0.2, 0) is 21.9 Å². The fraction of sp³-hybridized carbons (Fsp3) is 0.333. The maximum atomic E-state index is 11.9. The first-order valence-electron chi connectivity index (χ1n) is 4.65. The number of sulfonamides is 1. The molecule has 0 saturated carbocycles. The highest BCUT2D eigenvalue weighted by Gasteiger charge is 2.28. The molecule has 2 N–H and O–H groups in total. The van der Waals surface area contributed by atoms with Gasteiger partial charge in [-0.2, -0.15) is 9.82 Å².